The van der Waals surface area contributed by atoms with Crippen LogP contribution in [-0.4, -0.2) is 4.98 Å². The monoisotopic (exact) mass is 423 g/mol. The second kappa shape index (κ2) is 5.46. The smallest absolute Gasteiger partial charge is 0.233 e. The van der Waals surface area contributed by atoms with Gasteiger partial charge in [0, 0.05) is 15.1 Å². The molecule has 0 N–H and O–H groups in total. The molecule has 0 fully saturated rings. The summed E-state index contributed by atoms with van der Waals surface area (Å²) in [7, 11) is 0. The Labute approximate surface area is 123 Å². The molecule has 0 unspecified atom stereocenters. The van der Waals surface area contributed by atoms with Crippen LogP contribution in [-0.2, 0) is 0 Å². The van der Waals surface area contributed by atoms with E-state index in [1.54, 1.807) is 24.4 Å². The Hall–Kier alpha value is -0.460. The quantitative estimate of drug-likeness (QED) is 0.651. The molecule has 1 aromatic carbocycles. The number of nitrogens with zero attached hydrogens (tertiary/aromatic N) is 1. The molecule has 0 aliphatic carbocycles. The Balaban J connectivity index is 2.34. The predicted octanol–water partition coefficient (Wildman–Crippen LogP) is 5.30. The highest BCUT2D eigenvalue weighted by atomic mass is 79.9. The summed E-state index contributed by atoms with van der Waals surface area (Å²) < 4.78 is 21.1. The number of hydrogen-bond donors (Lipinski definition) is 0. The molecule has 17 heavy (non-hydrogen) atoms. The molecule has 0 saturated carbocycles. The topological polar surface area (TPSA) is 22.1 Å². The van der Waals surface area contributed by atoms with E-state index >= 15 is 0 Å². The molecule has 2 nitrogen and oxygen atoms in total. The maximum atomic E-state index is 13.5. The summed E-state index contributed by atoms with van der Waals surface area (Å²) in [5.74, 6) is -0.00934. The van der Waals surface area contributed by atoms with E-state index in [4.69, 9.17) is 4.74 Å². The van der Waals surface area contributed by atoms with Gasteiger partial charge in [-0.25, -0.2) is 9.37 Å². The van der Waals surface area contributed by atoms with Crippen LogP contribution >= 0.6 is 47.8 Å². The van der Waals surface area contributed by atoms with Gasteiger partial charge in [-0.15, -0.1) is 0 Å². The lowest BCUT2D eigenvalue weighted by atomic mass is 10.3. The Morgan fingerprint density at radius 2 is 1.82 bits per heavy atom. The summed E-state index contributed by atoms with van der Waals surface area (Å²) in [6.07, 6.45) is 1.58. The number of ether oxygens (including phenoxy) is 1. The van der Waals surface area contributed by atoms with Gasteiger partial charge in [0.05, 0.1) is 4.47 Å². The minimum Gasteiger partial charge on any atom is -0.435 e. The molecule has 0 spiro atoms. The minimum absolute atomic E-state index is 0.120. The molecule has 1 heterocycles. The molecular weight excluding hydrogens is 421 g/mol. The molecule has 1 aromatic heterocycles. The second-order valence-electron chi connectivity index (χ2n) is 3.12. The van der Waals surface area contributed by atoms with Crippen molar-refractivity contribution in [1.82, 2.24) is 4.98 Å². The van der Waals surface area contributed by atoms with Crippen molar-refractivity contribution >= 4 is 47.8 Å². The average Bonchev–Trinajstić information content (AvgIpc) is 2.27. The summed E-state index contributed by atoms with van der Waals surface area (Å²) in [4.78, 5) is 4.05. The van der Waals surface area contributed by atoms with Gasteiger partial charge in [-0.3, -0.25) is 0 Å². The molecule has 88 valence electrons. The molecule has 0 amide bonds. The number of hydrogen-bond acceptors (Lipinski definition) is 2. The molecule has 0 saturated heterocycles. The zero-order valence-corrected chi connectivity index (χ0v) is 13.0. The van der Waals surface area contributed by atoms with Crippen molar-refractivity contribution in [2.75, 3.05) is 0 Å². The van der Waals surface area contributed by atoms with E-state index in [-0.39, 0.29) is 5.75 Å². The van der Waals surface area contributed by atoms with Crippen LogP contribution in [0.4, 0.5) is 4.39 Å². The van der Waals surface area contributed by atoms with Crippen molar-refractivity contribution in [3.8, 4) is 11.6 Å². The van der Waals surface area contributed by atoms with Gasteiger partial charge in [0.15, 0.2) is 11.6 Å². The Bertz CT molecular complexity index is 562. The first-order chi connectivity index (χ1) is 8.06. The van der Waals surface area contributed by atoms with Crippen molar-refractivity contribution in [2.45, 2.75) is 0 Å². The largest absolute Gasteiger partial charge is 0.435 e. The maximum absolute atomic E-state index is 13.5. The van der Waals surface area contributed by atoms with Gasteiger partial charge in [-0.05, 0) is 56.1 Å². The molecule has 6 heteroatoms. The molecule has 0 bridgehead atoms. The van der Waals surface area contributed by atoms with Crippen LogP contribution in [0.15, 0.2) is 43.9 Å². The molecule has 0 radical (unpaired) electrons. The van der Waals surface area contributed by atoms with E-state index in [1.165, 1.54) is 6.07 Å². The fourth-order valence-electron chi connectivity index (χ4n) is 1.14. The molecule has 0 aliphatic heterocycles. The fourth-order valence-corrected chi connectivity index (χ4v) is 2.55. The van der Waals surface area contributed by atoms with Crippen molar-refractivity contribution in [2.24, 2.45) is 0 Å². The van der Waals surface area contributed by atoms with Crippen molar-refractivity contribution < 1.29 is 9.13 Å². The molecule has 0 aliphatic rings. The van der Waals surface area contributed by atoms with Gasteiger partial charge >= 0.3 is 0 Å². The second-order valence-corrected chi connectivity index (χ2v) is 5.80. The van der Waals surface area contributed by atoms with Crippen LogP contribution in [0.5, 0.6) is 11.6 Å². The van der Waals surface area contributed by atoms with E-state index < -0.39 is 5.82 Å². The van der Waals surface area contributed by atoms with Crippen molar-refractivity contribution in [3.63, 3.8) is 0 Å². The van der Waals surface area contributed by atoms with Crippen LogP contribution in [0.3, 0.4) is 0 Å². The third-order valence-electron chi connectivity index (χ3n) is 1.87. The first kappa shape index (κ1) is 13.0. The van der Waals surface area contributed by atoms with Crippen molar-refractivity contribution in [1.29, 1.82) is 0 Å². The van der Waals surface area contributed by atoms with E-state index in [9.17, 15) is 4.39 Å². The van der Waals surface area contributed by atoms with Crippen LogP contribution in [0.25, 0.3) is 0 Å². The Morgan fingerprint density at radius 3 is 2.53 bits per heavy atom. The third kappa shape index (κ3) is 3.26. The van der Waals surface area contributed by atoms with E-state index in [0.717, 1.165) is 8.95 Å². The summed E-state index contributed by atoms with van der Waals surface area (Å²) in [6.45, 7) is 0. The third-order valence-corrected chi connectivity index (χ3v) is 3.37. The van der Waals surface area contributed by atoms with Crippen LogP contribution in [0.2, 0.25) is 0 Å². The zero-order valence-electron chi connectivity index (χ0n) is 8.25. The van der Waals surface area contributed by atoms with E-state index in [0.29, 0.717) is 10.4 Å². The van der Waals surface area contributed by atoms with Gasteiger partial charge in [0.2, 0.25) is 5.88 Å². The van der Waals surface area contributed by atoms with Gasteiger partial charge < -0.3 is 4.74 Å². The van der Waals surface area contributed by atoms with E-state index in [1.807, 2.05) is 0 Å². The lowest BCUT2D eigenvalue weighted by Gasteiger charge is -2.07. The number of rotatable bonds is 2. The first-order valence-electron chi connectivity index (χ1n) is 4.50. The lowest BCUT2D eigenvalue weighted by Crippen LogP contribution is -1.92. The van der Waals surface area contributed by atoms with Crippen molar-refractivity contribution in [3.05, 3.63) is 49.7 Å². The number of halogens is 4. The zero-order chi connectivity index (χ0) is 12.4. The number of aromatic nitrogens is 1. The summed E-state index contributed by atoms with van der Waals surface area (Å²) in [6, 6.07) is 6.25. The normalized spacial score (nSPS) is 10.4. The highest BCUT2D eigenvalue weighted by Crippen LogP contribution is 2.32. The average molecular weight is 426 g/mol. The van der Waals surface area contributed by atoms with E-state index in [2.05, 4.69) is 52.8 Å². The number of pyridine rings is 1. The van der Waals surface area contributed by atoms with Crippen LogP contribution in [0, 0.1) is 5.82 Å². The Morgan fingerprint density at radius 1 is 1.06 bits per heavy atom. The highest BCUT2D eigenvalue weighted by Gasteiger charge is 2.09. The predicted molar refractivity (Wildman–Crippen MR) is 73.8 cm³/mol. The lowest BCUT2D eigenvalue weighted by molar-refractivity contribution is 0.424. The maximum Gasteiger partial charge on any atom is 0.233 e. The number of benzene rings is 1. The Kier molecular flexibility index (Phi) is 4.17. The highest BCUT2D eigenvalue weighted by molar-refractivity contribution is 9.11. The molecule has 0 atom stereocenters. The molecule has 2 aromatic rings. The SMILES string of the molecule is Fc1ccc(Br)cc1Oc1ncc(Br)cc1Br. The van der Waals surface area contributed by atoms with Gasteiger partial charge in [-0.2, -0.15) is 0 Å². The summed E-state index contributed by atoms with van der Waals surface area (Å²) in [5.41, 5.74) is 0. The molecule has 2 rings (SSSR count). The van der Waals surface area contributed by atoms with Gasteiger partial charge in [0.25, 0.3) is 0 Å². The minimum atomic E-state index is -0.440. The summed E-state index contributed by atoms with van der Waals surface area (Å²) >= 11 is 9.83. The molecular formula is C11H5Br3FNO. The summed E-state index contributed by atoms with van der Waals surface area (Å²) in [5, 5.41) is 0. The first-order valence-corrected chi connectivity index (χ1v) is 6.88. The fraction of sp³-hybridized carbons (Fsp3) is 0. The van der Waals surface area contributed by atoms with Gasteiger partial charge in [-0.1, -0.05) is 15.9 Å². The van der Waals surface area contributed by atoms with Crippen LogP contribution < -0.4 is 4.74 Å². The van der Waals surface area contributed by atoms with Crippen LogP contribution in [0.1, 0.15) is 0 Å². The van der Waals surface area contributed by atoms with Gasteiger partial charge in [0.1, 0.15) is 0 Å². The standard InChI is InChI=1S/C11H5Br3FNO/c12-6-1-2-9(15)10(4-6)17-11-8(14)3-7(13)5-16-11/h1-5H.